The van der Waals surface area contributed by atoms with Crippen LogP contribution in [-0.2, 0) is 5.88 Å². The molecule has 0 aromatic heterocycles. The lowest BCUT2D eigenvalue weighted by atomic mass is 10.2. The van der Waals surface area contributed by atoms with Gasteiger partial charge in [0.2, 0.25) is 0 Å². The summed E-state index contributed by atoms with van der Waals surface area (Å²) in [5, 5.41) is 0.639. The fraction of sp³-hybridized carbons (Fsp3) is 0.143. The Balaban J connectivity index is 2.24. The van der Waals surface area contributed by atoms with Crippen LogP contribution in [0.3, 0.4) is 0 Å². The molecule has 0 N–H and O–H groups in total. The van der Waals surface area contributed by atoms with Gasteiger partial charge in [0, 0.05) is 15.5 Å². The Morgan fingerprint density at radius 2 is 1.83 bits per heavy atom. The van der Waals surface area contributed by atoms with Gasteiger partial charge in [0.1, 0.15) is 11.5 Å². The minimum absolute atomic E-state index is 0.398. The molecule has 0 saturated heterocycles. The Labute approximate surface area is 121 Å². The Morgan fingerprint density at radius 3 is 2.44 bits per heavy atom. The molecule has 0 bridgehead atoms. The van der Waals surface area contributed by atoms with Crippen LogP contribution < -0.4 is 4.74 Å². The molecule has 18 heavy (non-hydrogen) atoms. The number of rotatable bonds is 4. The molecule has 0 spiro atoms. The standard InChI is InChI=1S/C14H12Cl2OS/c1-18-13-6-4-12(5-7-13)17-14-8-11(16)3-2-10(14)9-15/h2-8H,9H2,1H3. The molecule has 0 unspecified atom stereocenters. The fourth-order valence-corrected chi connectivity index (χ4v) is 2.30. The van der Waals surface area contributed by atoms with E-state index in [1.54, 1.807) is 17.8 Å². The first-order valence-corrected chi connectivity index (χ1v) is 7.53. The molecule has 0 amide bonds. The van der Waals surface area contributed by atoms with E-state index in [-0.39, 0.29) is 0 Å². The van der Waals surface area contributed by atoms with Crippen molar-refractivity contribution in [2.24, 2.45) is 0 Å². The summed E-state index contributed by atoms with van der Waals surface area (Å²) < 4.78 is 5.80. The second-order valence-corrected chi connectivity index (χ2v) is 5.25. The Morgan fingerprint density at radius 1 is 1.11 bits per heavy atom. The summed E-state index contributed by atoms with van der Waals surface area (Å²) in [4.78, 5) is 1.20. The van der Waals surface area contributed by atoms with E-state index in [2.05, 4.69) is 0 Å². The average molecular weight is 299 g/mol. The SMILES string of the molecule is CSc1ccc(Oc2cc(Cl)ccc2CCl)cc1. The first kappa shape index (κ1) is 13.6. The van der Waals surface area contributed by atoms with Crippen LogP contribution in [0, 0.1) is 0 Å². The minimum atomic E-state index is 0.398. The van der Waals surface area contributed by atoms with Gasteiger partial charge in [0.25, 0.3) is 0 Å². The Bertz CT molecular complexity index is 526. The van der Waals surface area contributed by atoms with Crippen LogP contribution in [0.15, 0.2) is 47.4 Å². The molecule has 4 heteroatoms. The van der Waals surface area contributed by atoms with Crippen molar-refractivity contribution in [1.82, 2.24) is 0 Å². The van der Waals surface area contributed by atoms with Crippen LogP contribution in [0.25, 0.3) is 0 Å². The number of hydrogen-bond acceptors (Lipinski definition) is 2. The van der Waals surface area contributed by atoms with Gasteiger partial charge in [0.05, 0.1) is 5.88 Å². The molecule has 2 rings (SSSR count). The first-order chi connectivity index (χ1) is 8.72. The van der Waals surface area contributed by atoms with Crippen molar-refractivity contribution < 1.29 is 4.74 Å². The second-order valence-electron chi connectivity index (χ2n) is 3.66. The molecule has 0 heterocycles. The molecule has 2 aromatic rings. The van der Waals surface area contributed by atoms with E-state index in [0.29, 0.717) is 16.7 Å². The fourth-order valence-electron chi connectivity index (χ4n) is 1.50. The summed E-state index contributed by atoms with van der Waals surface area (Å²) in [6.07, 6.45) is 2.04. The van der Waals surface area contributed by atoms with E-state index >= 15 is 0 Å². The van der Waals surface area contributed by atoms with Crippen molar-refractivity contribution in [3.05, 3.63) is 53.1 Å². The zero-order chi connectivity index (χ0) is 13.0. The predicted octanol–water partition coefficient (Wildman–Crippen LogP) is 5.59. The van der Waals surface area contributed by atoms with E-state index in [9.17, 15) is 0 Å². The van der Waals surface area contributed by atoms with Crippen molar-refractivity contribution in [3.63, 3.8) is 0 Å². The van der Waals surface area contributed by atoms with Gasteiger partial charge in [-0.2, -0.15) is 0 Å². The number of ether oxygens (including phenoxy) is 1. The van der Waals surface area contributed by atoms with Crippen molar-refractivity contribution in [2.45, 2.75) is 10.8 Å². The zero-order valence-electron chi connectivity index (χ0n) is 9.82. The summed E-state index contributed by atoms with van der Waals surface area (Å²) in [5.74, 6) is 1.88. The molecule has 0 aliphatic heterocycles. The van der Waals surface area contributed by atoms with Crippen molar-refractivity contribution in [1.29, 1.82) is 0 Å². The molecular formula is C14H12Cl2OS. The minimum Gasteiger partial charge on any atom is -0.457 e. The summed E-state index contributed by atoms with van der Waals surface area (Å²) in [7, 11) is 0. The predicted molar refractivity (Wildman–Crippen MR) is 79.3 cm³/mol. The van der Waals surface area contributed by atoms with E-state index in [4.69, 9.17) is 27.9 Å². The quantitative estimate of drug-likeness (QED) is 0.537. The van der Waals surface area contributed by atoms with Crippen LogP contribution in [0.5, 0.6) is 11.5 Å². The summed E-state index contributed by atoms with van der Waals surface area (Å²) in [6.45, 7) is 0. The van der Waals surface area contributed by atoms with E-state index in [1.165, 1.54) is 4.90 Å². The Hall–Kier alpha value is -0.830. The summed E-state index contributed by atoms with van der Waals surface area (Å²) >= 11 is 13.5. The maximum Gasteiger partial charge on any atom is 0.133 e. The zero-order valence-corrected chi connectivity index (χ0v) is 12.1. The maximum atomic E-state index is 5.96. The van der Waals surface area contributed by atoms with Crippen molar-refractivity contribution in [2.75, 3.05) is 6.26 Å². The molecule has 0 fully saturated rings. The highest BCUT2D eigenvalue weighted by atomic mass is 35.5. The number of halogens is 2. The van der Waals surface area contributed by atoms with E-state index < -0.39 is 0 Å². The third kappa shape index (κ3) is 3.35. The smallest absolute Gasteiger partial charge is 0.133 e. The lowest BCUT2D eigenvalue weighted by Gasteiger charge is -2.10. The van der Waals surface area contributed by atoms with Crippen LogP contribution in [0.4, 0.5) is 0 Å². The molecule has 0 aliphatic carbocycles. The van der Waals surface area contributed by atoms with Crippen LogP contribution in [-0.4, -0.2) is 6.26 Å². The number of benzene rings is 2. The van der Waals surface area contributed by atoms with Gasteiger partial charge in [-0.15, -0.1) is 23.4 Å². The van der Waals surface area contributed by atoms with Gasteiger partial charge < -0.3 is 4.74 Å². The summed E-state index contributed by atoms with van der Waals surface area (Å²) in [6, 6.07) is 13.4. The lowest BCUT2D eigenvalue weighted by Crippen LogP contribution is -1.89. The molecular weight excluding hydrogens is 287 g/mol. The second kappa shape index (κ2) is 6.37. The molecule has 0 saturated carbocycles. The van der Waals surface area contributed by atoms with Gasteiger partial charge in [-0.3, -0.25) is 0 Å². The molecule has 0 atom stereocenters. The largest absolute Gasteiger partial charge is 0.457 e. The van der Waals surface area contributed by atoms with Gasteiger partial charge >= 0.3 is 0 Å². The van der Waals surface area contributed by atoms with Gasteiger partial charge in [0.15, 0.2) is 0 Å². The Kier molecular flexibility index (Phi) is 4.81. The van der Waals surface area contributed by atoms with Crippen molar-refractivity contribution >= 4 is 35.0 Å². The maximum absolute atomic E-state index is 5.96. The summed E-state index contributed by atoms with van der Waals surface area (Å²) in [5.41, 5.74) is 0.926. The van der Waals surface area contributed by atoms with Gasteiger partial charge in [-0.25, -0.2) is 0 Å². The monoisotopic (exact) mass is 298 g/mol. The third-order valence-corrected chi connectivity index (χ3v) is 3.73. The number of hydrogen-bond donors (Lipinski definition) is 0. The van der Waals surface area contributed by atoms with Crippen LogP contribution in [0.2, 0.25) is 5.02 Å². The van der Waals surface area contributed by atoms with Crippen molar-refractivity contribution in [3.8, 4) is 11.5 Å². The van der Waals surface area contributed by atoms with E-state index in [0.717, 1.165) is 11.3 Å². The van der Waals surface area contributed by atoms with Crippen LogP contribution >= 0.6 is 35.0 Å². The first-order valence-electron chi connectivity index (χ1n) is 5.39. The normalized spacial score (nSPS) is 10.4. The number of alkyl halides is 1. The molecule has 1 nitrogen and oxygen atoms in total. The highest BCUT2D eigenvalue weighted by Gasteiger charge is 2.05. The number of thioether (sulfide) groups is 1. The topological polar surface area (TPSA) is 9.23 Å². The highest BCUT2D eigenvalue weighted by molar-refractivity contribution is 7.98. The van der Waals surface area contributed by atoms with E-state index in [1.807, 2.05) is 42.7 Å². The third-order valence-electron chi connectivity index (χ3n) is 2.46. The average Bonchev–Trinajstić information content (AvgIpc) is 2.40. The van der Waals surface area contributed by atoms with Crippen LogP contribution in [0.1, 0.15) is 5.56 Å². The molecule has 2 aromatic carbocycles. The van der Waals surface area contributed by atoms with Gasteiger partial charge in [-0.1, -0.05) is 17.7 Å². The molecule has 0 aliphatic rings. The molecule has 94 valence electrons. The lowest BCUT2D eigenvalue weighted by molar-refractivity contribution is 0.478. The highest BCUT2D eigenvalue weighted by Crippen LogP contribution is 2.30. The molecule has 0 radical (unpaired) electrons. The van der Waals surface area contributed by atoms with Gasteiger partial charge in [-0.05, 0) is 42.7 Å².